The number of methoxy groups -OCH3 is 1. The summed E-state index contributed by atoms with van der Waals surface area (Å²) in [4.78, 5) is 7.35. The molecule has 0 radical (unpaired) electrons. The molecule has 3 aromatic rings. The predicted octanol–water partition coefficient (Wildman–Crippen LogP) is 4.24. The Morgan fingerprint density at radius 3 is 2.75 bits per heavy atom. The topological polar surface area (TPSA) is 79.2 Å². The zero-order valence-electron chi connectivity index (χ0n) is 15.7. The number of benzene rings is 1. The normalized spacial score (nSPS) is 14.4. The van der Waals surface area contributed by atoms with Gasteiger partial charge in [-0.2, -0.15) is 5.10 Å². The summed E-state index contributed by atoms with van der Waals surface area (Å²) in [6.07, 6.45) is 3.93. The lowest BCUT2D eigenvalue weighted by Crippen LogP contribution is -2.26. The lowest BCUT2D eigenvalue weighted by molar-refractivity contribution is 0.412. The van der Waals surface area contributed by atoms with Crippen LogP contribution in [0.2, 0.25) is 0 Å². The van der Waals surface area contributed by atoms with Crippen molar-refractivity contribution in [3.8, 4) is 17.0 Å². The highest BCUT2D eigenvalue weighted by molar-refractivity contribution is 5.71. The first-order valence-corrected chi connectivity index (χ1v) is 9.32. The quantitative estimate of drug-likeness (QED) is 0.582. The average molecular weight is 374 g/mol. The van der Waals surface area contributed by atoms with Crippen LogP contribution in [0.15, 0.2) is 42.6 Å². The number of pyridine rings is 1. The molecule has 4 rings (SSSR count). The Morgan fingerprint density at radius 2 is 2.04 bits per heavy atom. The van der Waals surface area contributed by atoms with Gasteiger partial charge in [-0.1, -0.05) is 12.6 Å². The Morgan fingerprint density at radius 1 is 1.18 bits per heavy atom. The number of aromatic amines is 1. The second kappa shape index (κ2) is 8.11. The van der Waals surface area contributed by atoms with Crippen molar-refractivity contribution in [1.82, 2.24) is 20.5 Å². The molecule has 3 N–H and O–H groups in total. The van der Waals surface area contributed by atoms with Crippen LogP contribution in [0.5, 0.6) is 5.75 Å². The van der Waals surface area contributed by atoms with Crippen LogP contribution in [0.25, 0.3) is 16.1 Å². The Kier molecular flexibility index (Phi) is 5.22. The maximum atomic E-state index is 6.96. The van der Waals surface area contributed by atoms with Gasteiger partial charge in [0.05, 0.1) is 18.5 Å². The third-order valence-electron chi connectivity index (χ3n) is 5.04. The standard InChI is InChI=1S/C21H22N6O/c1-22-20-6-4-16(13-24-20)25-21-12-18(26-27-21)17-5-3-15(11-19(17)28-2)14-7-9-23-10-8-14/h3-6,11-14,23H,7-10H2,2H3,(H2,25,26,27). The summed E-state index contributed by atoms with van der Waals surface area (Å²) in [7, 11) is 1.70. The second-order valence-corrected chi connectivity index (χ2v) is 6.79. The summed E-state index contributed by atoms with van der Waals surface area (Å²) in [5.41, 5.74) is 3.95. The zero-order valence-corrected chi connectivity index (χ0v) is 15.7. The molecule has 0 atom stereocenters. The van der Waals surface area contributed by atoms with E-state index in [9.17, 15) is 0 Å². The van der Waals surface area contributed by atoms with E-state index in [0.29, 0.717) is 17.6 Å². The fraction of sp³-hybridized carbons (Fsp3) is 0.286. The summed E-state index contributed by atoms with van der Waals surface area (Å²) in [5, 5.41) is 14.0. The first-order chi connectivity index (χ1) is 13.8. The van der Waals surface area contributed by atoms with Crippen molar-refractivity contribution in [2.45, 2.75) is 18.8 Å². The van der Waals surface area contributed by atoms with E-state index >= 15 is 0 Å². The SMILES string of the molecule is [C-]#[N+]c1ccc(Nc2cc(-c3ccc(C4CCNCC4)cc3OC)[nH]n2)cn1. The van der Waals surface area contributed by atoms with E-state index < -0.39 is 0 Å². The number of nitrogens with one attached hydrogen (secondary N) is 3. The molecule has 2 aromatic heterocycles. The highest BCUT2D eigenvalue weighted by atomic mass is 16.5. The average Bonchev–Trinajstić information content (AvgIpc) is 3.22. The number of hydrogen-bond acceptors (Lipinski definition) is 5. The third-order valence-corrected chi connectivity index (χ3v) is 5.04. The molecule has 1 aliphatic heterocycles. The van der Waals surface area contributed by atoms with Crippen molar-refractivity contribution < 1.29 is 4.74 Å². The molecule has 3 heterocycles. The molecule has 0 aliphatic carbocycles. The van der Waals surface area contributed by atoms with Gasteiger partial charge in [0.25, 0.3) is 5.82 Å². The first kappa shape index (κ1) is 18.0. The fourth-order valence-electron chi connectivity index (χ4n) is 3.54. The fourth-order valence-corrected chi connectivity index (χ4v) is 3.54. The molecule has 1 saturated heterocycles. The van der Waals surface area contributed by atoms with Crippen molar-refractivity contribution in [3.63, 3.8) is 0 Å². The van der Waals surface area contributed by atoms with Crippen molar-refractivity contribution in [2.24, 2.45) is 0 Å². The van der Waals surface area contributed by atoms with E-state index in [2.05, 4.69) is 48.9 Å². The van der Waals surface area contributed by atoms with Crippen molar-refractivity contribution in [3.05, 3.63) is 59.6 Å². The van der Waals surface area contributed by atoms with Crippen LogP contribution >= 0.6 is 0 Å². The Labute approximate surface area is 164 Å². The van der Waals surface area contributed by atoms with Gasteiger partial charge in [-0.15, -0.1) is 4.98 Å². The molecule has 7 heteroatoms. The van der Waals surface area contributed by atoms with Crippen LogP contribution < -0.4 is 15.4 Å². The molecule has 1 aliphatic rings. The van der Waals surface area contributed by atoms with Crippen LogP contribution in [0, 0.1) is 6.57 Å². The molecule has 0 spiro atoms. The second-order valence-electron chi connectivity index (χ2n) is 6.79. The van der Waals surface area contributed by atoms with E-state index in [4.69, 9.17) is 11.3 Å². The van der Waals surface area contributed by atoms with E-state index in [1.165, 1.54) is 5.56 Å². The Bertz CT molecular complexity index is 983. The van der Waals surface area contributed by atoms with Crippen molar-refractivity contribution >= 4 is 17.3 Å². The van der Waals surface area contributed by atoms with Crippen LogP contribution in [0.3, 0.4) is 0 Å². The van der Waals surface area contributed by atoms with Gasteiger partial charge >= 0.3 is 0 Å². The maximum Gasteiger partial charge on any atom is 0.269 e. The molecular formula is C21H22N6O. The van der Waals surface area contributed by atoms with Gasteiger partial charge in [0.1, 0.15) is 11.9 Å². The molecule has 142 valence electrons. The van der Waals surface area contributed by atoms with Gasteiger partial charge in [0.15, 0.2) is 5.82 Å². The smallest absolute Gasteiger partial charge is 0.269 e. The van der Waals surface area contributed by atoms with Crippen LogP contribution in [-0.2, 0) is 0 Å². The molecular weight excluding hydrogens is 352 g/mol. The molecule has 0 amide bonds. The maximum absolute atomic E-state index is 6.96. The van der Waals surface area contributed by atoms with Crippen LogP contribution in [0.1, 0.15) is 24.3 Å². The number of rotatable bonds is 5. The van der Waals surface area contributed by atoms with E-state index in [-0.39, 0.29) is 0 Å². The lowest BCUT2D eigenvalue weighted by Gasteiger charge is -2.23. The van der Waals surface area contributed by atoms with Gasteiger partial charge in [0, 0.05) is 11.6 Å². The number of aromatic nitrogens is 3. The number of piperidine rings is 1. The first-order valence-electron chi connectivity index (χ1n) is 9.32. The van der Waals surface area contributed by atoms with Crippen molar-refractivity contribution in [1.29, 1.82) is 0 Å². The predicted molar refractivity (Wildman–Crippen MR) is 109 cm³/mol. The Balaban J connectivity index is 1.54. The van der Waals surface area contributed by atoms with E-state index in [1.807, 2.05) is 12.1 Å². The summed E-state index contributed by atoms with van der Waals surface area (Å²) < 4.78 is 5.66. The van der Waals surface area contributed by atoms with Gasteiger partial charge < -0.3 is 20.2 Å². The number of hydrogen-bond donors (Lipinski definition) is 3. The zero-order chi connectivity index (χ0) is 19.3. The molecule has 7 nitrogen and oxygen atoms in total. The molecule has 0 bridgehead atoms. The summed E-state index contributed by atoms with van der Waals surface area (Å²) in [6.45, 7) is 9.09. The van der Waals surface area contributed by atoms with Gasteiger partial charge in [-0.25, -0.2) is 0 Å². The van der Waals surface area contributed by atoms with Gasteiger partial charge in [0.2, 0.25) is 0 Å². The number of nitrogens with zero attached hydrogens (tertiary/aromatic N) is 3. The molecule has 1 aromatic carbocycles. The monoisotopic (exact) mass is 374 g/mol. The Hall–Kier alpha value is -3.37. The van der Waals surface area contributed by atoms with Crippen LogP contribution in [-0.4, -0.2) is 35.4 Å². The highest BCUT2D eigenvalue weighted by Gasteiger charge is 2.18. The minimum absolute atomic E-state index is 0.367. The highest BCUT2D eigenvalue weighted by Crippen LogP contribution is 2.35. The van der Waals surface area contributed by atoms with E-state index in [0.717, 1.165) is 48.6 Å². The molecule has 1 fully saturated rings. The number of H-pyrrole nitrogens is 1. The third kappa shape index (κ3) is 3.82. The minimum atomic E-state index is 0.367. The molecule has 0 unspecified atom stereocenters. The summed E-state index contributed by atoms with van der Waals surface area (Å²) in [5.74, 6) is 2.46. The summed E-state index contributed by atoms with van der Waals surface area (Å²) >= 11 is 0. The minimum Gasteiger partial charge on any atom is -0.496 e. The largest absolute Gasteiger partial charge is 0.496 e. The number of ether oxygens (including phenoxy) is 1. The molecule has 28 heavy (non-hydrogen) atoms. The summed E-state index contributed by atoms with van der Waals surface area (Å²) in [6, 6.07) is 11.8. The van der Waals surface area contributed by atoms with Gasteiger partial charge in [-0.05, 0) is 61.7 Å². The van der Waals surface area contributed by atoms with E-state index in [1.54, 1.807) is 19.4 Å². The number of anilines is 2. The molecule has 0 saturated carbocycles. The van der Waals surface area contributed by atoms with Gasteiger partial charge in [-0.3, -0.25) is 5.10 Å². The van der Waals surface area contributed by atoms with Crippen molar-refractivity contribution in [2.75, 3.05) is 25.5 Å². The van der Waals surface area contributed by atoms with Crippen LogP contribution in [0.4, 0.5) is 17.3 Å². The lowest BCUT2D eigenvalue weighted by atomic mass is 9.89.